The first-order chi connectivity index (χ1) is 14.9. The van der Waals surface area contributed by atoms with Gasteiger partial charge in [-0.25, -0.2) is 0 Å². The Morgan fingerprint density at radius 2 is 1.29 bits per heavy atom. The van der Waals surface area contributed by atoms with Crippen molar-refractivity contribution in [1.82, 2.24) is 4.57 Å². The van der Waals surface area contributed by atoms with Crippen LogP contribution in [0.3, 0.4) is 0 Å². The van der Waals surface area contributed by atoms with Crippen LogP contribution in [0.5, 0.6) is 0 Å². The quantitative estimate of drug-likeness (QED) is 0.240. The number of halogens is 2. The fourth-order valence-corrected chi connectivity index (χ4v) is 6.01. The Balaban J connectivity index is 1.41. The molecular weight excluding hydrogens is 510 g/mol. The van der Waals surface area contributed by atoms with Crippen LogP contribution in [0, 0.1) is 0 Å². The van der Waals surface area contributed by atoms with Gasteiger partial charge in [0.2, 0.25) is 0 Å². The number of nitrogens with zero attached hydrogens (tertiary/aromatic N) is 1. The molecule has 5 rings (SSSR count). The fourth-order valence-electron chi connectivity index (χ4n) is 5.29. The molecule has 31 heavy (non-hydrogen) atoms. The predicted octanol–water partition coefficient (Wildman–Crippen LogP) is 7.14. The highest BCUT2D eigenvalue weighted by Crippen LogP contribution is 2.52. The van der Waals surface area contributed by atoms with E-state index in [9.17, 15) is 0 Å². The summed E-state index contributed by atoms with van der Waals surface area (Å²) < 4.78 is 4.58. The van der Waals surface area contributed by atoms with Gasteiger partial charge in [-0.3, -0.25) is 0 Å². The van der Waals surface area contributed by atoms with Crippen LogP contribution in [0.1, 0.15) is 37.3 Å². The van der Waals surface area contributed by atoms with E-state index in [1.54, 1.807) is 0 Å². The number of aromatic nitrogens is 1. The first kappa shape index (κ1) is 20.8. The first-order valence-corrected chi connectivity index (χ1v) is 12.3. The molecule has 1 aromatic heterocycles. The lowest BCUT2D eigenvalue weighted by Gasteiger charge is -2.28. The normalized spacial score (nSPS) is 14.0. The highest BCUT2D eigenvalue weighted by atomic mass is 79.9. The van der Waals surface area contributed by atoms with Gasteiger partial charge in [0.15, 0.2) is 0 Å². The number of fused-ring (bicyclic) bond motifs is 4. The van der Waals surface area contributed by atoms with Crippen LogP contribution >= 0.6 is 31.9 Å². The van der Waals surface area contributed by atoms with Gasteiger partial charge in [0.05, 0.1) is 0 Å². The number of hydrogen-bond acceptors (Lipinski definition) is 0. The van der Waals surface area contributed by atoms with E-state index in [1.807, 2.05) is 0 Å². The summed E-state index contributed by atoms with van der Waals surface area (Å²) in [4.78, 5) is 0. The Kier molecular flexibility index (Phi) is 5.22. The third kappa shape index (κ3) is 3.34. The van der Waals surface area contributed by atoms with E-state index < -0.39 is 0 Å². The van der Waals surface area contributed by atoms with Crippen LogP contribution in [0.25, 0.3) is 35.1 Å². The SMILES string of the molecule is C=c1c2ccccc2c(=C)n1CCCCC1(C)c2cc(Br)ccc2-c2ccc(Br)cc21. The predicted molar refractivity (Wildman–Crippen MR) is 140 cm³/mol. The Morgan fingerprint density at radius 1 is 0.774 bits per heavy atom. The van der Waals surface area contributed by atoms with Crippen molar-refractivity contribution >= 4 is 55.8 Å². The van der Waals surface area contributed by atoms with E-state index in [1.165, 1.54) is 33.0 Å². The van der Waals surface area contributed by atoms with Gasteiger partial charge in [-0.1, -0.05) is 94.8 Å². The van der Waals surface area contributed by atoms with Crippen LogP contribution in [0.15, 0.2) is 69.6 Å². The Hall–Kier alpha value is -2.10. The summed E-state index contributed by atoms with van der Waals surface area (Å²) >= 11 is 7.39. The smallest absolute Gasteiger partial charge is 0.0418 e. The zero-order valence-corrected chi connectivity index (χ0v) is 20.9. The first-order valence-electron chi connectivity index (χ1n) is 10.8. The molecule has 156 valence electrons. The zero-order valence-electron chi connectivity index (χ0n) is 17.7. The van der Waals surface area contributed by atoms with Crippen molar-refractivity contribution in [2.24, 2.45) is 0 Å². The molecule has 0 N–H and O–H groups in total. The molecule has 0 spiro atoms. The second-order valence-corrected chi connectivity index (χ2v) is 10.6. The molecule has 0 unspecified atom stereocenters. The number of benzene rings is 3. The Bertz CT molecular complexity index is 1310. The summed E-state index contributed by atoms with van der Waals surface area (Å²) in [7, 11) is 0. The maximum atomic E-state index is 4.33. The van der Waals surface area contributed by atoms with Gasteiger partial charge in [-0.2, -0.15) is 0 Å². The summed E-state index contributed by atoms with van der Waals surface area (Å²) in [6.45, 7) is 12.0. The van der Waals surface area contributed by atoms with E-state index in [0.29, 0.717) is 0 Å². The fraction of sp³-hybridized carbons (Fsp3) is 0.214. The lowest BCUT2D eigenvalue weighted by Crippen LogP contribution is -2.26. The molecule has 0 bridgehead atoms. The highest BCUT2D eigenvalue weighted by molar-refractivity contribution is 9.10. The maximum Gasteiger partial charge on any atom is 0.0418 e. The minimum Gasteiger partial charge on any atom is -0.341 e. The van der Waals surface area contributed by atoms with E-state index in [0.717, 1.165) is 45.5 Å². The van der Waals surface area contributed by atoms with Crippen molar-refractivity contribution in [1.29, 1.82) is 0 Å². The number of rotatable bonds is 5. The maximum absolute atomic E-state index is 4.33. The van der Waals surface area contributed by atoms with E-state index >= 15 is 0 Å². The number of hydrogen-bond donors (Lipinski definition) is 0. The molecule has 0 saturated carbocycles. The van der Waals surface area contributed by atoms with Crippen molar-refractivity contribution in [3.05, 3.63) is 91.4 Å². The van der Waals surface area contributed by atoms with Gasteiger partial charge in [-0.05, 0) is 59.4 Å². The summed E-state index contributed by atoms with van der Waals surface area (Å²) in [5.74, 6) is 0. The van der Waals surface area contributed by atoms with Crippen LogP contribution in [-0.4, -0.2) is 4.57 Å². The van der Waals surface area contributed by atoms with E-state index in [-0.39, 0.29) is 5.41 Å². The molecule has 1 aliphatic carbocycles. The van der Waals surface area contributed by atoms with E-state index in [4.69, 9.17) is 0 Å². The Morgan fingerprint density at radius 3 is 1.81 bits per heavy atom. The molecule has 0 amide bonds. The molecule has 0 radical (unpaired) electrons. The monoisotopic (exact) mass is 533 g/mol. The van der Waals surface area contributed by atoms with Crippen molar-refractivity contribution in [2.75, 3.05) is 0 Å². The van der Waals surface area contributed by atoms with Crippen molar-refractivity contribution < 1.29 is 0 Å². The molecule has 3 heteroatoms. The minimum absolute atomic E-state index is 0.0141. The summed E-state index contributed by atoms with van der Waals surface area (Å²) in [6, 6.07) is 21.9. The molecule has 0 saturated heterocycles. The van der Waals surface area contributed by atoms with Crippen LogP contribution in [-0.2, 0) is 12.0 Å². The average Bonchev–Trinajstić information content (AvgIpc) is 3.15. The van der Waals surface area contributed by atoms with Gasteiger partial charge < -0.3 is 4.57 Å². The van der Waals surface area contributed by atoms with Crippen molar-refractivity contribution in [3.63, 3.8) is 0 Å². The molecule has 1 aliphatic rings. The van der Waals surface area contributed by atoms with Gasteiger partial charge in [0.1, 0.15) is 0 Å². The summed E-state index contributed by atoms with van der Waals surface area (Å²) in [5, 5.41) is 4.59. The van der Waals surface area contributed by atoms with Gasteiger partial charge in [0.25, 0.3) is 0 Å². The molecule has 0 aliphatic heterocycles. The van der Waals surface area contributed by atoms with Gasteiger partial charge in [-0.15, -0.1) is 0 Å². The molecule has 3 aromatic carbocycles. The Labute approximate surface area is 200 Å². The lowest BCUT2D eigenvalue weighted by atomic mass is 9.76. The second kappa shape index (κ2) is 7.79. The average molecular weight is 535 g/mol. The van der Waals surface area contributed by atoms with Crippen molar-refractivity contribution in [3.8, 4) is 11.1 Å². The standard InChI is InChI=1S/C28H25Br2N/c1-18-22-8-4-5-9-23(22)19(2)31(18)15-7-6-14-28(3)26-16-20(29)10-12-24(26)25-13-11-21(30)17-27(25)28/h4-5,8-13,16-17H,1-2,6-7,14-15H2,3H3. The largest absolute Gasteiger partial charge is 0.341 e. The minimum atomic E-state index is 0.0141. The van der Waals surface area contributed by atoms with Gasteiger partial charge in [0, 0.05) is 42.4 Å². The summed E-state index contributed by atoms with van der Waals surface area (Å²) in [6.07, 6.45) is 3.36. The van der Waals surface area contributed by atoms with Crippen molar-refractivity contribution in [2.45, 2.75) is 38.1 Å². The van der Waals surface area contributed by atoms with Crippen LogP contribution in [0.4, 0.5) is 0 Å². The number of unbranched alkanes of at least 4 members (excludes halogenated alkanes) is 1. The molecule has 1 heterocycles. The van der Waals surface area contributed by atoms with Gasteiger partial charge >= 0.3 is 0 Å². The summed E-state index contributed by atoms with van der Waals surface area (Å²) in [5.41, 5.74) is 5.60. The highest BCUT2D eigenvalue weighted by Gasteiger charge is 2.38. The van der Waals surface area contributed by atoms with E-state index in [2.05, 4.69) is 117 Å². The molecular formula is C28H25Br2N. The second-order valence-electron chi connectivity index (χ2n) is 8.76. The third-order valence-corrected chi connectivity index (χ3v) is 7.94. The zero-order chi connectivity index (χ0) is 21.8. The molecule has 0 atom stereocenters. The topological polar surface area (TPSA) is 4.93 Å². The molecule has 0 fully saturated rings. The van der Waals surface area contributed by atoms with Crippen LogP contribution in [0.2, 0.25) is 0 Å². The molecule has 1 nitrogen and oxygen atoms in total. The van der Waals surface area contributed by atoms with Crippen LogP contribution < -0.4 is 10.7 Å². The lowest BCUT2D eigenvalue weighted by molar-refractivity contribution is 0.473. The molecule has 4 aromatic rings. The third-order valence-electron chi connectivity index (χ3n) is 6.95.